The van der Waals surface area contributed by atoms with Gasteiger partial charge in [0.25, 0.3) is 0 Å². The molecule has 0 bridgehead atoms. The van der Waals surface area contributed by atoms with Crippen molar-refractivity contribution >= 4 is 28.6 Å². The van der Waals surface area contributed by atoms with Gasteiger partial charge in [-0.15, -0.1) is 0 Å². The Labute approximate surface area is 187 Å². The summed E-state index contributed by atoms with van der Waals surface area (Å²) in [5.74, 6) is 0.486. The maximum absolute atomic E-state index is 12.4. The Kier molecular flexibility index (Phi) is 5.57. The lowest BCUT2D eigenvalue weighted by atomic mass is 9.89. The number of nitrogens with zero attached hydrogens (tertiary/aromatic N) is 2. The van der Waals surface area contributed by atoms with Crippen molar-refractivity contribution in [2.24, 2.45) is 0 Å². The number of carbonyl (C=O) groups is 1. The molecule has 32 heavy (non-hydrogen) atoms. The zero-order chi connectivity index (χ0) is 22.9. The molecule has 2 aromatic carbocycles. The van der Waals surface area contributed by atoms with Crippen LogP contribution in [0.1, 0.15) is 45.0 Å². The predicted octanol–water partition coefficient (Wildman–Crippen LogP) is 5.39. The summed E-state index contributed by atoms with van der Waals surface area (Å²) in [6.45, 7) is 8.30. The molecule has 7 heteroatoms. The average Bonchev–Trinajstić information content (AvgIpc) is 3.14. The number of rotatable bonds is 4. The number of anilines is 2. The highest BCUT2D eigenvalue weighted by molar-refractivity contribution is 6.00. The van der Waals surface area contributed by atoms with Gasteiger partial charge in [-0.05, 0) is 41.8 Å². The van der Waals surface area contributed by atoms with Crippen molar-refractivity contribution in [3.8, 4) is 11.1 Å². The van der Waals surface area contributed by atoms with Gasteiger partial charge in [0.05, 0.1) is 11.4 Å². The van der Waals surface area contributed by atoms with E-state index in [1.54, 1.807) is 0 Å². The smallest absolute Gasteiger partial charge is 0.319 e. The van der Waals surface area contributed by atoms with Crippen molar-refractivity contribution in [1.29, 1.82) is 0 Å². The summed E-state index contributed by atoms with van der Waals surface area (Å²) in [6.07, 6.45) is 0. The molecule has 4 rings (SSSR count). The molecular weight excluding hydrogens is 400 g/mol. The number of amides is 2. The van der Waals surface area contributed by atoms with Crippen LogP contribution < -0.4 is 16.4 Å². The average molecular weight is 429 g/mol. The number of urea groups is 1. The lowest BCUT2D eigenvalue weighted by molar-refractivity contribution is 0.249. The van der Waals surface area contributed by atoms with Crippen LogP contribution in [0.4, 0.5) is 16.3 Å². The van der Waals surface area contributed by atoms with Crippen molar-refractivity contribution in [2.45, 2.75) is 39.2 Å². The van der Waals surface area contributed by atoms with Crippen LogP contribution in [-0.2, 0) is 5.41 Å². The number of aromatic amines is 1. The van der Waals surface area contributed by atoms with E-state index in [1.165, 1.54) is 0 Å². The fourth-order valence-corrected chi connectivity index (χ4v) is 3.58. The van der Waals surface area contributed by atoms with Crippen molar-refractivity contribution in [3.05, 3.63) is 71.9 Å². The number of fused-ring (bicyclic) bond motifs is 1. The summed E-state index contributed by atoms with van der Waals surface area (Å²) in [6, 6.07) is 19.2. The van der Waals surface area contributed by atoms with Crippen molar-refractivity contribution in [1.82, 2.24) is 20.5 Å². The molecule has 0 fully saturated rings. The molecule has 0 spiro atoms. The summed E-state index contributed by atoms with van der Waals surface area (Å²) < 4.78 is 0. The molecular formula is C25H28N6O. The second-order valence-electron chi connectivity index (χ2n) is 8.95. The minimum Gasteiger partial charge on any atom is -0.383 e. The topological polar surface area (TPSA) is 109 Å². The largest absolute Gasteiger partial charge is 0.383 e. The fraction of sp³-hybridized carbons (Fsp3) is 0.240. The molecule has 7 nitrogen and oxygen atoms in total. The second kappa shape index (κ2) is 8.34. The van der Waals surface area contributed by atoms with Gasteiger partial charge in [-0.3, -0.25) is 5.10 Å². The van der Waals surface area contributed by atoms with Gasteiger partial charge < -0.3 is 16.4 Å². The number of hydrogen-bond acceptors (Lipinski definition) is 4. The lowest BCUT2D eigenvalue weighted by Crippen LogP contribution is -2.31. The van der Waals surface area contributed by atoms with Gasteiger partial charge in [0.15, 0.2) is 5.65 Å². The molecule has 0 saturated heterocycles. The molecule has 0 unspecified atom stereocenters. The molecule has 1 atom stereocenters. The number of pyridine rings is 1. The van der Waals surface area contributed by atoms with Crippen molar-refractivity contribution in [3.63, 3.8) is 0 Å². The van der Waals surface area contributed by atoms with Gasteiger partial charge >= 0.3 is 6.03 Å². The zero-order valence-electron chi connectivity index (χ0n) is 18.7. The number of H-pyrrole nitrogens is 1. The number of nitrogens with one attached hydrogen (secondary N) is 3. The van der Waals surface area contributed by atoms with Crippen LogP contribution in [0.3, 0.4) is 0 Å². The summed E-state index contributed by atoms with van der Waals surface area (Å²) in [5.41, 5.74) is 11.2. The number of carbonyl (C=O) groups excluding carboxylic acids is 1. The molecule has 2 amide bonds. The summed E-state index contributed by atoms with van der Waals surface area (Å²) in [7, 11) is 0. The van der Waals surface area contributed by atoms with Crippen LogP contribution in [0.5, 0.6) is 0 Å². The first-order valence-corrected chi connectivity index (χ1v) is 10.6. The van der Waals surface area contributed by atoms with E-state index in [4.69, 9.17) is 5.73 Å². The second-order valence-corrected chi connectivity index (χ2v) is 8.95. The summed E-state index contributed by atoms with van der Waals surface area (Å²) >= 11 is 0. The first kappa shape index (κ1) is 21.4. The van der Waals surface area contributed by atoms with Gasteiger partial charge in [0.2, 0.25) is 0 Å². The number of nitrogen functional groups attached to an aromatic ring is 1. The molecule has 5 N–H and O–H groups in total. The van der Waals surface area contributed by atoms with Crippen LogP contribution in [0.25, 0.3) is 22.2 Å². The van der Waals surface area contributed by atoms with Gasteiger partial charge in [0, 0.05) is 16.8 Å². The Balaban J connectivity index is 1.56. The predicted molar refractivity (Wildman–Crippen MR) is 129 cm³/mol. The van der Waals surface area contributed by atoms with E-state index in [2.05, 4.69) is 52.7 Å². The van der Waals surface area contributed by atoms with Crippen LogP contribution in [0.15, 0.2) is 60.7 Å². The van der Waals surface area contributed by atoms with E-state index >= 15 is 0 Å². The zero-order valence-corrected chi connectivity index (χ0v) is 18.7. The Bertz CT molecular complexity index is 1240. The number of nitrogens with two attached hydrogens (primary N) is 1. The minimum atomic E-state index is -0.255. The Morgan fingerprint density at radius 3 is 2.41 bits per heavy atom. The molecule has 0 saturated carbocycles. The van der Waals surface area contributed by atoms with Crippen molar-refractivity contribution < 1.29 is 4.79 Å². The third-order valence-electron chi connectivity index (χ3n) is 5.42. The standard InChI is InChI=1S/C25H28N6O/c1-15(16-8-6-5-7-9-16)27-24(32)28-18-12-10-17(11-13-18)19-14-20(25(2,3)4)29-23-21(19)22(26)30-31-23/h5-15H,1-4H3,(H2,27,28,32)(H3,26,29,30,31)/t15-/m1/s1. The number of benzene rings is 2. The summed E-state index contributed by atoms with van der Waals surface area (Å²) in [4.78, 5) is 17.1. The first-order chi connectivity index (χ1) is 15.2. The van der Waals surface area contributed by atoms with Crippen LogP contribution in [-0.4, -0.2) is 21.2 Å². The monoisotopic (exact) mass is 428 g/mol. The highest BCUT2D eigenvalue weighted by Gasteiger charge is 2.21. The number of hydrogen-bond donors (Lipinski definition) is 4. The highest BCUT2D eigenvalue weighted by atomic mass is 16.2. The van der Waals surface area contributed by atoms with E-state index in [0.717, 1.165) is 27.8 Å². The van der Waals surface area contributed by atoms with Crippen molar-refractivity contribution in [2.75, 3.05) is 11.1 Å². The molecule has 0 aliphatic carbocycles. The quantitative estimate of drug-likeness (QED) is 0.349. The van der Waals surface area contributed by atoms with Gasteiger partial charge in [-0.25, -0.2) is 9.78 Å². The minimum absolute atomic E-state index is 0.0968. The molecule has 2 aromatic heterocycles. The summed E-state index contributed by atoms with van der Waals surface area (Å²) in [5, 5.41) is 13.7. The third-order valence-corrected chi connectivity index (χ3v) is 5.42. The van der Waals surface area contributed by atoms with E-state index in [0.29, 0.717) is 17.2 Å². The number of aromatic nitrogens is 3. The molecule has 4 aromatic rings. The normalized spacial score (nSPS) is 12.5. The first-order valence-electron chi connectivity index (χ1n) is 10.6. The highest BCUT2D eigenvalue weighted by Crippen LogP contribution is 2.34. The maximum Gasteiger partial charge on any atom is 0.319 e. The molecule has 0 aliphatic rings. The van der Waals surface area contributed by atoms with Gasteiger partial charge in [0.1, 0.15) is 5.82 Å². The van der Waals surface area contributed by atoms with Crippen LogP contribution in [0.2, 0.25) is 0 Å². The Hall–Kier alpha value is -3.87. The van der Waals surface area contributed by atoms with Gasteiger partial charge in [-0.2, -0.15) is 5.10 Å². The lowest BCUT2D eigenvalue weighted by Gasteiger charge is -2.19. The Morgan fingerprint density at radius 1 is 1.06 bits per heavy atom. The SMILES string of the molecule is C[C@@H](NC(=O)Nc1ccc(-c2cc(C(C)(C)C)nc3n[nH]c(N)c23)cc1)c1ccccc1. The molecule has 2 heterocycles. The third kappa shape index (κ3) is 4.42. The van der Waals surface area contributed by atoms with E-state index in [1.807, 2.05) is 61.5 Å². The van der Waals surface area contributed by atoms with E-state index in [-0.39, 0.29) is 17.5 Å². The molecule has 0 radical (unpaired) electrons. The fourth-order valence-electron chi connectivity index (χ4n) is 3.58. The molecule has 0 aliphatic heterocycles. The van der Waals surface area contributed by atoms with E-state index < -0.39 is 0 Å². The van der Waals surface area contributed by atoms with E-state index in [9.17, 15) is 4.79 Å². The van der Waals surface area contributed by atoms with Crippen LogP contribution >= 0.6 is 0 Å². The Morgan fingerprint density at radius 2 is 1.75 bits per heavy atom. The maximum atomic E-state index is 12.4. The van der Waals surface area contributed by atoms with Gasteiger partial charge in [-0.1, -0.05) is 63.2 Å². The van der Waals surface area contributed by atoms with Crippen LogP contribution in [0, 0.1) is 0 Å². The molecule has 164 valence electrons.